The van der Waals surface area contributed by atoms with Gasteiger partial charge in [-0.25, -0.2) is 4.98 Å². The minimum Gasteiger partial charge on any atom is -0.368 e. The van der Waals surface area contributed by atoms with Crippen LogP contribution in [-0.4, -0.2) is 41.1 Å². The summed E-state index contributed by atoms with van der Waals surface area (Å²) in [7, 11) is 0. The molecule has 0 radical (unpaired) electrons. The summed E-state index contributed by atoms with van der Waals surface area (Å²) in [5.41, 5.74) is 3.38. The second kappa shape index (κ2) is 8.03. The van der Waals surface area contributed by atoms with Gasteiger partial charge in [-0.3, -0.25) is 4.98 Å². The lowest BCUT2D eigenvalue weighted by atomic mass is 10.2. The van der Waals surface area contributed by atoms with Crippen molar-refractivity contribution in [2.45, 2.75) is 13.5 Å². The summed E-state index contributed by atoms with van der Waals surface area (Å²) in [6, 6.07) is 16.5. The van der Waals surface area contributed by atoms with Crippen molar-refractivity contribution in [3.8, 4) is 0 Å². The number of piperazine rings is 1. The Hall–Kier alpha value is -3.15. The smallest absolute Gasteiger partial charge is 0.227 e. The van der Waals surface area contributed by atoms with Crippen LogP contribution >= 0.6 is 0 Å². The average molecular weight is 360 g/mol. The standard InChI is InChI=1S/C21H24N6/c1-17-14-20(23-16-18-6-5-9-22-15-18)25-21(24-17)27-12-10-26(11-13-27)19-7-3-2-4-8-19/h2-9,14-15H,10-13,16H2,1H3,(H,23,24,25). The molecule has 2 aromatic heterocycles. The number of nitrogens with zero attached hydrogens (tertiary/aromatic N) is 5. The van der Waals surface area contributed by atoms with Crippen LogP contribution < -0.4 is 15.1 Å². The minimum atomic E-state index is 0.700. The maximum absolute atomic E-state index is 4.73. The predicted molar refractivity (Wildman–Crippen MR) is 109 cm³/mol. The first kappa shape index (κ1) is 17.3. The number of nitrogens with one attached hydrogen (secondary N) is 1. The second-order valence-electron chi connectivity index (χ2n) is 6.72. The first-order chi connectivity index (χ1) is 13.3. The van der Waals surface area contributed by atoms with Gasteiger partial charge in [0.2, 0.25) is 5.95 Å². The van der Waals surface area contributed by atoms with Gasteiger partial charge in [-0.15, -0.1) is 0 Å². The number of benzene rings is 1. The van der Waals surface area contributed by atoms with Crippen LogP contribution in [0.4, 0.5) is 17.5 Å². The van der Waals surface area contributed by atoms with Crippen LogP contribution in [0.2, 0.25) is 0 Å². The maximum Gasteiger partial charge on any atom is 0.227 e. The third kappa shape index (κ3) is 4.34. The molecule has 1 aliphatic rings. The summed E-state index contributed by atoms with van der Waals surface area (Å²) in [6.45, 7) is 6.49. The maximum atomic E-state index is 4.73. The van der Waals surface area contributed by atoms with E-state index in [0.29, 0.717) is 6.54 Å². The molecule has 3 aromatic rings. The highest BCUT2D eigenvalue weighted by atomic mass is 15.3. The Kier molecular flexibility index (Phi) is 5.14. The molecule has 0 aliphatic carbocycles. The van der Waals surface area contributed by atoms with Gasteiger partial charge >= 0.3 is 0 Å². The average Bonchev–Trinajstić information content (AvgIpc) is 2.73. The zero-order valence-electron chi connectivity index (χ0n) is 15.5. The van der Waals surface area contributed by atoms with E-state index >= 15 is 0 Å². The van der Waals surface area contributed by atoms with Crippen molar-refractivity contribution >= 4 is 17.5 Å². The van der Waals surface area contributed by atoms with Gasteiger partial charge in [-0.1, -0.05) is 24.3 Å². The van der Waals surface area contributed by atoms with Crippen LogP contribution in [0.15, 0.2) is 60.9 Å². The summed E-state index contributed by atoms with van der Waals surface area (Å²) in [5, 5.41) is 3.39. The summed E-state index contributed by atoms with van der Waals surface area (Å²) in [5.74, 6) is 1.66. The van der Waals surface area contributed by atoms with Crippen molar-refractivity contribution in [3.05, 3.63) is 72.2 Å². The zero-order chi connectivity index (χ0) is 18.5. The van der Waals surface area contributed by atoms with Crippen LogP contribution in [0.25, 0.3) is 0 Å². The molecule has 0 bridgehead atoms. The van der Waals surface area contributed by atoms with Crippen LogP contribution in [0.1, 0.15) is 11.3 Å². The Morgan fingerprint density at radius 1 is 0.926 bits per heavy atom. The lowest BCUT2D eigenvalue weighted by molar-refractivity contribution is 0.639. The molecule has 0 amide bonds. The highest BCUT2D eigenvalue weighted by Crippen LogP contribution is 2.19. The number of hydrogen-bond acceptors (Lipinski definition) is 6. The largest absolute Gasteiger partial charge is 0.368 e. The third-order valence-corrected chi connectivity index (χ3v) is 4.72. The number of aryl methyl sites for hydroxylation is 1. The Morgan fingerprint density at radius 2 is 1.70 bits per heavy atom. The fourth-order valence-corrected chi connectivity index (χ4v) is 3.28. The van der Waals surface area contributed by atoms with Crippen molar-refractivity contribution < 1.29 is 0 Å². The van der Waals surface area contributed by atoms with E-state index in [1.807, 2.05) is 25.3 Å². The van der Waals surface area contributed by atoms with Crippen LogP contribution in [0, 0.1) is 6.92 Å². The molecular formula is C21H24N6. The monoisotopic (exact) mass is 360 g/mol. The molecule has 0 atom stereocenters. The van der Waals surface area contributed by atoms with E-state index in [1.165, 1.54) is 5.69 Å². The van der Waals surface area contributed by atoms with Crippen molar-refractivity contribution in [1.82, 2.24) is 15.0 Å². The summed E-state index contributed by atoms with van der Waals surface area (Å²) < 4.78 is 0. The van der Waals surface area contributed by atoms with Gasteiger partial charge in [0.05, 0.1) is 0 Å². The summed E-state index contributed by atoms with van der Waals surface area (Å²) in [6.07, 6.45) is 3.65. The van der Waals surface area contributed by atoms with Gasteiger partial charge in [0.25, 0.3) is 0 Å². The van der Waals surface area contributed by atoms with Crippen molar-refractivity contribution in [2.24, 2.45) is 0 Å². The summed E-state index contributed by atoms with van der Waals surface area (Å²) >= 11 is 0. The lowest BCUT2D eigenvalue weighted by Gasteiger charge is -2.36. The Bertz CT molecular complexity index is 860. The lowest BCUT2D eigenvalue weighted by Crippen LogP contribution is -2.47. The van der Waals surface area contributed by atoms with E-state index in [2.05, 4.69) is 61.5 Å². The van der Waals surface area contributed by atoms with Gasteiger partial charge in [-0.05, 0) is 30.7 Å². The molecule has 138 valence electrons. The SMILES string of the molecule is Cc1cc(NCc2cccnc2)nc(N2CCN(c3ccccc3)CC2)n1. The first-order valence-electron chi connectivity index (χ1n) is 9.31. The topological polar surface area (TPSA) is 57.2 Å². The number of hydrogen-bond donors (Lipinski definition) is 1. The molecule has 3 heterocycles. The molecule has 1 N–H and O–H groups in total. The molecule has 4 rings (SSSR count). The second-order valence-corrected chi connectivity index (χ2v) is 6.72. The van der Waals surface area contributed by atoms with Gasteiger partial charge in [0.1, 0.15) is 5.82 Å². The van der Waals surface area contributed by atoms with E-state index < -0.39 is 0 Å². The van der Waals surface area contributed by atoms with Crippen molar-refractivity contribution in [2.75, 3.05) is 41.3 Å². The zero-order valence-corrected chi connectivity index (χ0v) is 15.5. The van der Waals surface area contributed by atoms with Crippen LogP contribution in [0.3, 0.4) is 0 Å². The highest BCUT2D eigenvalue weighted by Gasteiger charge is 2.19. The van der Waals surface area contributed by atoms with E-state index in [4.69, 9.17) is 4.98 Å². The normalized spacial score (nSPS) is 14.3. The summed E-state index contributed by atoms with van der Waals surface area (Å²) in [4.78, 5) is 18.2. The molecule has 0 spiro atoms. The number of aromatic nitrogens is 3. The number of anilines is 3. The van der Waals surface area contributed by atoms with Gasteiger partial charge in [0, 0.05) is 62.6 Å². The van der Waals surface area contributed by atoms with Crippen LogP contribution in [-0.2, 0) is 6.54 Å². The molecule has 6 nitrogen and oxygen atoms in total. The van der Waals surface area contributed by atoms with E-state index in [1.54, 1.807) is 6.20 Å². The highest BCUT2D eigenvalue weighted by molar-refractivity contribution is 5.49. The minimum absolute atomic E-state index is 0.700. The number of rotatable bonds is 5. The fourth-order valence-electron chi connectivity index (χ4n) is 3.28. The van der Waals surface area contributed by atoms with E-state index in [0.717, 1.165) is 49.2 Å². The molecule has 1 aromatic carbocycles. The van der Waals surface area contributed by atoms with Gasteiger partial charge in [-0.2, -0.15) is 4.98 Å². The van der Waals surface area contributed by atoms with Gasteiger partial charge in [0.15, 0.2) is 0 Å². The molecular weight excluding hydrogens is 336 g/mol. The van der Waals surface area contributed by atoms with Crippen molar-refractivity contribution in [1.29, 1.82) is 0 Å². The van der Waals surface area contributed by atoms with Crippen molar-refractivity contribution in [3.63, 3.8) is 0 Å². The predicted octanol–water partition coefficient (Wildman–Crippen LogP) is 3.12. The Labute approximate surface area is 159 Å². The quantitative estimate of drug-likeness (QED) is 0.754. The molecule has 1 fully saturated rings. The molecule has 27 heavy (non-hydrogen) atoms. The van der Waals surface area contributed by atoms with E-state index in [9.17, 15) is 0 Å². The Balaban J connectivity index is 1.41. The number of pyridine rings is 1. The van der Waals surface area contributed by atoms with Crippen LogP contribution in [0.5, 0.6) is 0 Å². The first-order valence-corrected chi connectivity index (χ1v) is 9.31. The van der Waals surface area contributed by atoms with E-state index in [-0.39, 0.29) is 0 Å². The molecule has 1 aliphatic heterocycles. The van der Waals surface area contributed by atoms with Gasteiger partial charge < -0.3 is 15.1 Å². The Morgan fingerprint density at radius 3 is 2.44 bits per heavy atom. The molecule has 0 unspecified atom stereocenters. The molecule has 6 heteroatoms. The molecule has 0 saturated carbocycles. The third-order valence-electron chi connectivity index (χ3n) is 4.72. The number of para-hydroxylation sites is 1. The molecule has 1 saturated heterocycles. The fraction of sp³-hybridized carbons (Fsp3) is 0.286.